The van der Waals surface area contributed by atoms with Gasteiger partial charge in [0, 0.05) is 0 Å². The van der Waals surface area contributed by atoms with E-state index < -0.39 is 9.84 Å². The van der Waals surface area contributed by atoms with Crippen LogP contribution in [0.2, 0.25) is 0 Å². The van der Waals surface area contributed by atoms with Gasteiger partial charge in [0.25, 0.3) is 0 Å². The summed E-state index contributed by atoms with van der Waals surface area (Å²) < 4.78 is 24.3. The van der Waals surface area contributed by atoms with Gasteiger partial charge >= 0.3 is 0 Å². The van der Waals surface area contributed by atoms with Gasteiger partial charge in [0.2, 0.25) is 0 Å². The van der Waals surface area contributed by atoms with Crippen molar-refractivity contribution in [2.24, 2.45) is 0 Å². The molecular weight excluding hydrogens is 304 g/mol. The molecule has 132 valence electrons. The molecule has 3 heteroatoms. The number of allylic oxidation sites excluding steroid dienone is 6. The minimum absolute atomic E-state index is 0.131. The molecule has 0 radical (unpaired) electrons. The van der Waals surface area contributed by atoms with Gasteiger partial charge in [-0.1, -0.05) is 60.4 Å². The lowest BCUT2D eigenvalue weighted by atomic mass is 10.1. The van der Waals surface area contributed by atoms with E-state index in [-0.39, 0.29) is 11.5 Å². The van der Waals surface area contributed by atoms with Gasteiger partial charge in [0.05, 0.1) is 11.5 Å². The number of rotatable bonds is 10. The molecule has 0 spiro atoms. The zero-order valence-corrected chi connectivity index (χ0v) is 16.6. The van der Waals surface area contributed by atoms with Crippen molar-refractivity contribution in [1.82, 2.24) is 0 Å². The largest absolute Gasteiger partial charge is 0.228 e. The van der Waals surface area contributed by atoms with Crippen LogP contribution in [0, 0.1) is 0 Å². The maximum Gasteiger partial charge on any atom is 0.157 e. The first kappa shape index (κ1) is 21.9. The second-order valence-electron chi connectivity index (χ2n) is 6.45. The lowest BCUT2D eigenvalue weighted by molar-refractivity contribution is 0.601. The van der Waals surface area contributed by atoms with E-state index in [2.05, 4.69) is 39.8 Å². The van der Waals surface area contributed by atoms with E-state index >= 15 is 0 Å². The summed E-state index contributed by atoms with van der Waals surface area (Å²) in [5, 5.41) is 0. The standard InChI is InChI=1S/C20H34O2S/c1-7-9-17(3)15-19(5)11-13-23(21,22)14-12-20(6)16-18(4)10-8-2/h9-12H,7-8,13-16H2,1-6H3/b17-9+,18-10+,19-11+,20-12+. The molecule has 0 saturated heterocycles. The molecule has 0 aromatic carbocycles. The predicted molar refractivity (Wildman–Crippen MR) is 103 cm³/mol. The normalized spacial score (nSPS) is 15.2. The van der Waals surface area contributed by atoms with Crippen LogP contribution in [-0.2, 0) is 9.84 Å². The summed E-state index contributed by atoms with van der Waals surface area (Å²) in [5.41, 5.74) is 4.84. The molecule has 0 atom stereocenters. The van der Waals surface area contributed by atoms with Crippen molar-refractivity contribution in [2.45, 2.75) is 67.2 Å². The molecule has 0 bridgehead atoms. The molecular formula is C20H34O2S. The summed E-state index contributed by atoms with van der Waals surface area (Å²) in [5.74, 6) is 0.262. The van der Waals surface area contributed by atoms with Crippen LogP contribution in [0.1, 0.15) is 67.2 Å². The molecule has 0 saturated carbocycles. The van der Waals surface area contributed by atoms with Crippen LogP contribution in [0.25, 0.3) is 0 Å². The van der Waals surface area contributed by atoms with Gasteiger partial charge < -0.3 is 0 Å². The summed E-state index contributed by atoms with van der Waals surface area (Å²) >= 11 is 0. The monoisotopic (exact) mass is 338 g/mol. The van der Waals surface area contributed by atoms with Gasteiger partial charge in [-0.25, -0.2) is 8.42 Å². The van der Waals surface area contributed by atoms with Gasteiger partial charge in [0.15, 0.2) is 9.84 Å². The zero-order chi connectivity index (χ0) is 17.9. The first-order chi connectivity index (χ1) is 10.7. The molecule has 0 fully saturated rings. The summed E-state index contributed by atoms with van der Waals surface area (Å²) in [6.45, 7) is 12.4. The van der Waals surface area contributed by atoms with Crippen LogP contribution >= 0.6 is 0 Å². The van der Waals surface area contributed by atoms with Crippen molar-refractivity contribution in [2.75, 3.05) is 11.5 Å². The average molecular weight is 339 g/mol. The fourth-order valence-corrected chi connectivity index (χ4v) is 3.68. The van der Waals surface area contributed by atoms with Crippen LogP contribution in [-0.4, -0.2) is 19.9 Å². The molecule has 0 aromatic rings. The maximum absolute atomic E-state index is 12.1. The topological polar surface area (TPSA) is 34.1 Å². The van der Waals surface area contributed by atoms with Crippen LogP contribution in [0.4, 0.5) is 0 Å². The Hall–Kier alpha value is -1.09. The quantitative estimate of drug-likeness (QED) is 0.473. The molecule has 0 aliphatic carbocycles. The van der Waals surface area contributed by atoms with E-state index in [1.54, 1.807) is 0 Å². The Morgan fingerprint density at radius 2 is 0.957 bits per heavy atom. The molecule has 0 heterocycles. The summed E-state index contributed by atoms with van der Waals surface area (Å²) in [6.07, 6.45) is 11.8. The minimum Gasteiger partial charge on any atom is -0.228 e. The van der Waals surface area contributed by atoms with Crippen LogP contribution in [0.5, 0.6) is 0 Å². The molecule has 0 rings (SSSR count). The Labute approximate surface area is 144 Å². The Balaban J connectivity index is 4.60. The van der Waals surface area contributed by atoms with Crippen LogP contribution in [0.3, 0.4) is 0 Å². The van der Waals surface area contributed by atoms with E-state index in [4.69, 9.17) is 0 Å². The lowest BCUT2D eigenvalue weighted by Gasteiger charge is -2.04. The fourth-order valence-electron chi connectivity index (χ4n) is 2.47. The van der Waals surface area contributed by atoms with Crippen LogP contribution in [0.15, 0.2) is 46.6 Å². The van der Waals surface area contributed by atoms with Gasteiger partial charge in [0.1, 0.15) is 0 Å². The highest BCUT2D eigenvalue weighted by molar-refractivity contribution is 7.91. The molecule has 2 nitrogen and oxygen atoms in total. The van der Waals surface area contributed by atoms with E-state index in [1.165, 1.54) is 11.1 Å². The Kier molecular flexibility index (Phi) is 10.9. The Bertz CT molecular complexity index is 527. The van der Waals surface area contributed by atoms with Crippen molar-refractivity contribution in [3.8, 4) is 0 Å². The molecule has 0 aromatic heterocycles. The fraction of sp³-hybridized carbons (Fsp3) is 0.600. The van der Waals surface area contributed by atoms with Crippen molar-refractivity contribution in [1.29, 1.82) is 0 Å². The van der Waals surface area contributed by atoms with Gasteiger partial charge in [-0.3, -0.25) is 0 Å². The summed E-state index contributed by atoms with van der Waals surface area (Å²) in [4.78, 5) is 0. The molecule has 0 N–H and O–H groups in total. The smallest absolute Gasteiger partial charge is 0.157 e. The maximum atomic E-state index is 12.1. The molecule has 0 aliphatic rings. The first-order valence-corrected chi connectivity index (χ1v) is 10.3. The molecule has 23 heavy (non-hydrogen) atoms. The van der Waals surface area contributed by atoms with Crippen molar-refractivity contribution in [3.63, 3.8) is 0 Å². The lowest BCUT2D eigenvalue weighted by Crippen LogP contribution is -2.08. The Morgan fingerprint density at radius 3 is 1.26 bits per heavy atom. The van der Waals surface area contributed by atoms with E-state index in [9.17, 15) is 8.42 Å². The summed E-state index contributed by atoms with van der Waals surface area (Å²) in [6, 6.07) is 0. The van der Waals surface area contributed by atoms with Crippen LogP contribution < -0.4 is 0 Å². The zero-order valence-electron chi connectivity index (χ0n) is 15.8. The third kappa shape index (κ3) is 12.1. The van der Waals surface area contributed by atoms with E-state index in [0.29, 0.717) is 0 Å². The second kappa shape index (κ2) is 11.4. The molecule has 0 amide bonds. The number of hydrogen-bond acceptors (Lipinski definition) is 2. The molecule has 0 unspecified atom stereocenters. The summed E-state index contributed by atoms with van der Waals surface area (Å²) in [7, 11) is -3.06. The van der Waals surface area contributed by atoms with Gasteiger partial charge in [-0.05, 0) is 53.4 Å². The third-order valence-electron chi connectivity index (χ3n) is 3.59. The highest BCUT2D eigenvalue weighted by Crippen LogP contribution is 2.13. The Morgan fingerprint density at radius 1 is 0.652 bits per heavy atom. The second-order valence-corrected chi connectivity index (χ2v) is 8.60. The predicted octanol–water partition coefficient (Wildman–Crippen LogP) is 5.79. The van der Waals surface area contributed by atoms with Crippen molar-refractivity contribution >= 4 is 9.84 Å². The van der Waals surface area contributed by atoms with Gasteiger partial charge in [-0.2, -0.15) is 0 Å². The highest BCUT2D eigenvalue weighted by atomic mass is 32.2. The first-order valence-electron chi connectivity index (χ1n) is 8.53. The molecule has 0 aliphatic heterocycles. The SMILES string of the molecule is CC/C=C(\C)C/C(C)=C/CS(=O)(=O)C/C=C(\C)C/C(C)=C/CC. The number of hydrogen-bond donors (Lipinski definition) is 0. The highest BCUT2D eigenvalue weighted by Gasteiger charge is 2.07. The van der Waals surface area contributed by atoms with E-state index in [1.807, 2.05) is 26.0 Å². The van der Waals surface area contributed by atoms with Gasteiger partial charge in [-0.15, -0.1) is 0 Å². The van der Waals surface area contributed by atoms with E-state index in [0.717, 1.165) is 36.8 Å². The third-order valence-corrected chi connectivity index (χ3v) is 4.94. The van der Waals surface area contributed by atoms with Crippen molar-refractivity contribution in [3.05, 3.63) is 46.6 Å². The van der Waals surface area contributed by atoms with Crippen molar-refractivity contribution < 1.29 is 8.42 Å². The number of sulfone groups is 1. The minimum atomic E-state index is -3.06. The average Bonchev–Trinajstić information content (AvgIpc) is 2.44.